The highest BCUT2D eigenvalue weighted by molar-refractivity contribution is 5.91. The van der Waals surface area contributed by atoms with Crippen molar-refractivity contribution in [1.29, 1.82) is 0 Å². The van der Waals surface area contributed by atoms with Gasteiger partial charge in [-0.15, -0.1) is 0 Å². The lowest BCUT2D eigenvalue weighted by Crippen LogP contribution is -2.09. The molecule has 0 aliphatic heterocycles. The van der Waals surface area contributed by atoms with Crippen LogP contribution in [0.25, 0.3) is 27.8 Å². The first-order valence-corrected chi connectivity index (χ1v) is 7.33. The molecular weight excluding hydrogens is 288 g/mol. The summed E-state index contributed by atoms with van der Waals surface area (Å²) in [6.07, 6.45) is 1.85. The third-order valence-corrected chi connectivity index (χ3v) is 3.80. The summed E-state index contributed by atoms with van der Waals surface area (Å²) in [5, 5.41) is 11.9. The van der Waals surface area contributed by atoms with Gasteiger partial charge in [0, 0.05) is 11.8 Å². The fourth-order valence-corrected chi connectivity index (χ4v) is 2.58. The van der Waals surface area contributed by atoms with Gasteiger partial charge in [0.05, 0.1) is 11.1 Å². The first kappa shape index (κ1) is 13.5. The van der Waals surface area contributed by atoms with Crippen LogP contribution in [0.4, 0.5) is 0 Å². The second-order valence-electron chi connectivity index (χ2n) is 5.44. The van der Waals surface area contributed by atoms with Crippen LogP contribution in [0.2, 0.25) is 0 Å². The van der Waals surface area contributed by atoms with Crippen LogP contribution in [0, 0.1) is 6.92 Å². The molecule has 2 aromatic heterocycles. The molecule has 0 aliphatic carbocycles. The molecule has 0 saturated carbocycles. The van der Waals surface area contributed by atoms with Crippen LogP contribution in [0.15, 0.2) is 65.6 Å². The second kappa shape index (κ2) is 5.21. The minimum absolute atomic E-state index is 0.287. The van der Waals surface area contributed by atoms with Gasteiger partial charge >= 0.3 is 0 Å². The van der Waals surface area contributed by atoms with E-state index >= 15 is 0 Å². The summed E-state index contributed by atoms with van der Waals surface area (Å²) in [4.78, 5) is 12.1. The number of benzene rings is 2. The maximum atomic E-state index is 12.1. The van der Waals surface area contributed by atoms with Gasteiger partial charge < -0.3 is 0 Å². The molecule has 0 atom stereocenters. The SMILES string of the molecule is Cc1ccc(-n2cc3c(-c4ccccc4)n[nH]c(=O)c3n2)cc1. The monoisotopic (exact) mass is 302 g/mol. The molecule has 4 rings (SSSR count). The van der Waals surface area contributed by atoms with Gasteiger partial charge in [0.1, 0.15) is 5.69 Å². The predicted molar refractivity (Wildman–Crippen MR) is 89.7 cm³/mol. The topological polar surface area (TPSA) is 63.6 Å². The van der Waals surface area contributed by atoms with E-state index in [1.54, 1.807) is 4.68 Å². The number of H-pyrrole nitrogens is 1. The normalized spacial score (nSPS) is 11.0. The van der Waals surface area contributed by atoms with E-state index < -0.39 is 0 Å². The third-order valence-electron chi connectivity index (χ3n) is 3.80. The maximum Gasteiger partial charge on any atom is 0.292 e. The molecule has 0 spiro atoms. The summed E-state index contributed by atoms with van der Waals surface area (Å²) in [6.45, 7) is 2.03. The summed E-state index contributed by atoms with van der Waals surface area (Å²) in [5.41, 5.74) is 3.85. The highest BCUT2D eigenvalue weighted by Crippen LogP contribution is 2.24. The molecule has 0 fully saturated rings. The average Bonchev–Trinajstić information content (AvgIpc) is 3.03. The van der Waals surface area contributed by atoms with Gasteiger partial charge in [-0.1, -0.05) is 48.0 Å². The lowest BCUT2D eigenvalue weighted by Gasteiger charge is -2.01. The van der Waals surface area contributed by atoms with Gasteiger partial charge in [-0.3, -0.25) is 4.79 Å². The van der Waals surface area contributed by atoms with E-state index in [-0.39, 0.29) is 5.56 Å². The molecule has 5 heteroatoms. The minimum atomic E-state index is -0.287. The van der Waals surface area contributed by atoms with E-state index in [4.69, 9.17) is 0 Å². The third kappa shape index (κ3) is 2.32. The van der Waals surface area contributed by atoms with Crippen molar-refractivity contribution in [2.45, 2.75) is 6.92 Å². The number of rotatable bonds is 2. The van der Waals surface area contributed by atoms with Gasteiger partial charge in [-0.2, -0.15) is 10.2 Å². The Morgan fingerprint density at radius 1 is 1.00 bits per heavy atom. The van der Waals surface area contributed by atoms with Crippen LogP contribution in [-0.4, -0.2) is 20.0 Å². The number of aryl methyl sites for hydroxylation is 1. The molecule has 23 heavy (non-hydrogen) atoms. The molecule has 0 amide bonds. The Balaban J connectivity index is 1.96. The number of aromatic nitrogens is 4. The molecule has 112 valence electrons. The molecule has 1 N–H and O–H groups in total. The fourth-order valence-electron chi connectivity index (χ4n) is 2.58. The van der Waals surface area contributed by atoms with E-state index in [0.29, 0.717) is 5.52 Å². The number of fused-ring (bicyclic) bond motifs is 1. The molecule has 0 bridgehead atoms. The average molecular weight is 302 g/mol. The van der Waals surface area contributed by atoms with Crippen molar-refractivity contribution in [3.05, 3.63) is 76.7 Å². The molecule has 5 nitrogen and oxygen atoms in total. The molecule has 0 aliphatic rings. The van der Waals surface area contributed by atoms with E-state index in [2.05, 4.69) is 15.3 Å². The van der Waals surface area contributed by atoms with Crippen molar-refractivity contribution in [3.63, 3.8) is 0 Å². The molecule has 0 radical (unpaired) electrons. The zero-order valence-corrected chi connectivity index (χ0v) is 12.5. The van der Waals surface area contributed by atoms with Crippen LogP contribution >= 0.6 is 0 Å². The van der Waals surface area contributed by atoms with E-state index in [1.165, 1.54) is 5.56 Å². The largest absolute Gasteiger partial charge is 0.292 e. The molecule has 0 saturated heterocycles. The van der Waals surface area contributed by atoms with Crippen molar-refractivity contribution >= 4 is 10.9 Å². The van der Waals surface area contributed by atoms with Crippen molar-refractivity contribution in [1.82, 2.24) is 20.0 Å². The fraction of sp³-hybridized carbons (Fsp3) is 0.0556. The number of nitrogens with zero attached hydrogens (tertiary/aromatic N) is 3. The Hall–Kier alpha value is -3.21. The molecule has 2 aromatic carbocycles. The zero-order valence-electron chi connectivity index (χ0n) is 12.5. The lowest BCUT2D eigenvalue weighted by molar-refractivity contribution is 0.890. The van der Waals surface area contributed by atoms with Crippen molar-refractivity contribution in [2.24, 2.45) is 0 Å². The number of nitrogens with one attached hydrogen (secondary N) is 1. The highest BCUT2D eigenvalue weighted by atomic mass is 16.1. The Bertz CT molecular complexity index is 1030. The number of aromatic amines is 1. The summed E-state index contributed by atoms with van der Waals surface area (Å²) >= 11 is 0. The summed E-state index contributed by atoms with van der Waals surface area (Å²) in [7, 11) is 0. The predicted octanol–water partition coefficient (Wildman–Crippen LogP) is 3.08. The molecule has 4 aromatic rings. The molecular formula is C18H14N4O. The maximum absolute atomic E-state index is 12.1. The summed E-state index contributed by atoms with van der Waals surface area (Å²) in [6, 6.07) is 17.7. The van der Waals surface area contributed by atoms with Gasteiger partial charge in [0.25, 0.3) is 5.56 Å². The lowest BCUT2D eigenvalue weighted by atomic mass is 10.1. The van der Waals surface area contributed by atoms with Crippen LogP contribution in [-0.2, 0) is 0 Å². The van der Waals surface area contributed by atoms with Gasteiger partial charge in [-0.05, 0) is 19.1 Å². The number of hydrogen-bond acceptors (Lipinski definition) is 3. The quantitative estimate of drug-likeness (QED) is 0.619. The van der Waals surface area contributed by atoms with Gasteiger partial charge in [-0.25, -0.2) is 9.78 Å². The van der Waals surface area contributed by atoms with E-state index in [9.17, 15) is 4.79 Å². The molecule has 2 heterocycles. The highest BCUT2D eigenvalue weighted by Gasteiger charge is 2.13. The van der Waals surface area contributed by atoms with Crippen LogP contribution < -0.4 is 5.56 Å². The van der Waals surface area contributed by atoms with E-state index in [0.717, 1.165) is 22.3 Å². The van der Waals surface area contributed by atoms with Crippen molar-refractivity contribution < 1.29 is 0 Å². The first-order chi connectivity index (χ1) is 11.2. The summed E-state index contributed by atoms with van der Waals surface area (Å²) in [5.74, 6) is 0. The smallest absolute Gasteiger partial charge is 0.265 e. The second-order valence-corrected chi connectivity index (χ2v) is 5.44. The van der Waals surface area contributed by atoms with E-state index in [1.807, 2.05) is 67.7 Å². The minimum Gasteiger partial charge on any atom is -0.265 e. The first-order valence-electron chi connectivity index (χ1n) is 7.33. The van der Waals surface area contributed by atoms with Crippen molar-refractivity contribution in [3.8, 4) is 16.9 Å². The Morgan fingerprint density at radius 3 is 2.48 bits per heavy atom. The van der Waals surface area contributed by atoms with Gasteiger partial charge in [0.15, 0.2) is 5.52 Å². The van der Waals surface area contributed by atoms with Crippen LogP contribution in [0.3, 0.4) is 0 Å². The standard InChI is InChI=1S/C18H14N4O/c1-12-7-9-14(10-8-12)22-11-15-16(13-5-3-2-4-6-13)19-20-18(23)17(15)21-22/h2-11H,1H3,(H,20,23). The number of hydrogen-bond donors (Lipinski definition) is 1. The van der Waals surface area contributed by atoms with Crippen LogP contribution in [0.5, 0.6) is 0 Å². The summed E-state index contributed by atoms with van der Waals surface area (Å²) < 4.78 is 1.72. The Morgan fingerprint density at radius 2 is 1.74 bits per heavy atom. The molecule has 0 unspecified atom stereocenters. The Kier molecular flexibility index (Phi) is 3.05. The zero-order chi connectivity index (χ0) is 15.8. The Labute approximate surface area is 132 Å². The van der Waals surface area contributed by atoms with Crippen LogP contribution in [0.1, 0.15) is 5.56 Å². The van der Waals surface area contributed by atoms with Crippen molar-refractivity contribution in [2.75, 3.05) is 0 Å². The van der Waals surface area contributed by atoms with Gasteiger partial charge in [0.2, 0.25) is 0 Å².